The number of nitrogens with zero attached hydrogens (tertiary/aromatic N) is 5. The van der Waals surface area contributed by atoms with Gasteiger partial charge < -0.3 is 15.2 Å². The van der Waals surface area contributed by atoms with E-state index in [1.807, 2.05) is 25.6 Å². The highest BCUT2D eigenvalue weighted by Crippen LogP contribution is 2.17. The van der Waals surface area contributed by atoms with Gasteiger partial charge in [-0.2, -0.15) is 0 Å². The fourth-order valence-corrected chi connectivity index (χ4v) is 1.71. The first-order chi connectivity index (χ1) is 8.72. The average molecular weight is 247 g/mol. The molecule has 0 radical (unpaired) electrons. The van der Waals surface area contributed by atoms with Crippen molar-refractivity contribution >= 4 is 11.6 Å². The van der Waals surface area contributed by atoms with Crippen LogP contribution < -0.4 is 10.6 Å². The highest BCUT2D eigenvalue weighted by atomic mass is 15.2. The van der Waals surface area contributed by atoms with Crippen LogP contribution >= 0.6 is 0 Å². The van der Waals surface area contributed by atoms with Crippen LogP contribution in [-0.4, -0.2) is 38.3 Å². The molecule has 0 spiro atoms. The summed E-state index contributed by atoms with van der Waals surface area (Å²) in [6, 6.07) is 0. The molecule has 18 heavy (non-hydrogen) atoms. The Labute approximate surface area is 106 Å². The topological polar surface area (TPSA) is 80.6 Å². The van der Waals surface area contributed by atoms with Gasteiger partial charge >= 0.3 is 0 Å². The quantitative estimate of drug-likeness (QED) is 0.805. The van der Waals surface area contributed by atoms with Crippen LogP contribution in [0.2, 0.25) is 0 Å². The van der Waals surface area contributed by atoms with E-state index in [1.165, 1.54) is 0 Å². The molecular weight excluding hydrogens is 230 g/mol. The number of rotatable bonds is 5. The van der Waals surface area contributed by atoms with Crippen LogP contribution in [-0.2, 0) is 13.5 Å². The third kappa shape index (κ3) is 2.55. The Bertz CT molecular complexity index is 520. The second-order valence-electron chi connectivity index (χ2n) is 3.98. The van der Waals surface area contributed by atoms with Gasteiger partial charge in [-0.3, -0.25) is 0 Å². The van der Waals surface area contributed by atoms with Crippen LogP contribution in [0.4, 0.5) is 11.6 Å². The average Bonchev–Trinajstić information content (AvgIpc) is 2.77. The lowest BCUT2D eigenvalue weighted by atomic mass is 10.3. The first-order valence-electron chi connectivity index (χ1n) is 5.78. The summed E-state index contributed by atoms with van der Waals surface area (Å²) in [5, 5.41) is 14.2. The van der Waals surface area contributed by atoms with Crippen molar-refractivity contribution in [3.8, 4) is 0 Å². The van der Waals surface area contributed by atoms with Crippen molar-refractivity contribution in [1.82, 2.24) is 24.7 Å². The molecule has 0 saturated heterocycles. The molecule has 0 amide bonds. The predicted molar refractivity (Wildman–Crippen MR) is 69.5 cm³/mol. The Balaban J connectivity index is 1.96. The molecule has 2 aromatic rings. The molecule has 0 bridgehead atoms. The summed E-state index contributed by atoms with van der Waals surface area (Å²) in [6.07, 6.45) is 4.04. The molecule has 2 heterocycles. The molecule has 2 N–H and O–H groups in total. The summed E-state index contributed by atoms with van der Waals surface area (Å²) < 4.78 is 1.91. The van der Waals surface area contributed by atoms with Crippen molar-refractivity contribution in [2.24, 2.45) is 7.05 Å². The van der Waals surface area contributed by atoms with Crippen molar-refractivity contribution in [2.75, 3.05) is 24.2 Å². The number of aromatic nitrogens is 5. The van der Waals surface area contributed by atoms with E-state index in [0.29, 0.717) is 0 Å². The standard InChI is InChI=1S/C11H17N7/c1-8-10(12-2)14-6-15-11(8)13-5-4-9-17-16-7-18(9)3/h6-7H,4-5H2,1-3H3,(H2,12,13,14,15). The summed E-state index contributed by atoms with van der Waals surface area (Å²) in [5.74, 6) is 2.63. The van der Waals surface area contributed by atoms with Crippen LogP contribution in [0.15, 0.2) is 12.7 Å². The zero-order chi connectivity index (χ0) is 13.0. The highest BCUT2D eigenvalue weighted by Gasteiger charge is 2.05. The van der Waals surface area contributed by atoms with E-state index >= 15 is 0 Å². The van der Waals surface area contributed by atoms with Crippen LogP contribution in [0.5, 0.6) is 0 Å². The van der Waals surface area contributed by atoms with Gasteiger partial charge in [-0.1, -0.05) is 0 Å². The zero-order valence-corrected chi connectivity index (χ0v) is 10.8. The lowest BCUT2D eigenvalue weighted by Gasteiger charge is -2.10. The van der Waals surface area contributed by atoms with Crippen molar-refractivity contribution in [3.05, 3.63) is 24.0 Å². The minimum atomic E-state index is 0.757. The van der Waals surface area contributed by atoms with Gasteiger partial charge in [0.2, 0.25) is 0 Å². The highest BCUT2D eigenvalue weighted by molar-refractivity contribution is 5.55. The molecule has 0 aliphatic heterocycles. The summed E-state index contributed by atoms with van der Waals surface area (Å²) in [4.78, 5) is 8.36. The van der Waals surface area contributed by atoms with Crippen molar-refractivity contribution in [2.45, 2.75) is 13.3 Å². The van der Waals surface area contributed by atoms with Gasteiger partial charge in [-0.05, 0) is 6.92 Å². The van der Waals surface area contributed by atoms with E-state index < -0.39 is 0 Å². The second kappa shape index (κ2) is 5.44. The van der Waals surface area contributed by atoms with Gasteiger partial charge in [-0.15, -0.1) is 10.2 Å². The van der Waals surface area contributed by atoms with Gasteiger partial charge in [-0.25, -0.2) is 9.97 Å². The third-order valence-corrected chi connectivity index (χ3v) is 2.77. The van der Waals surface area contributed by atoms with Gasteiger partial charge in [0.15, 0.2) is 0 Å². The number of hydrogen-bond donors (Lipinski definition) is 2. The van der Waals surface area contributed by atoms with Crippen molar-refractivity contribution < 1.29 is 0 Å². The molecule has 7 nitrogen and oxygen atoms in total. The van der Waals surface area contributed by atoms with Gasteiger partial charge in [0.1, 0.15) is 30.1 Å². The minimum Gasteiger partial charge on any atom is -0.373 e. The first-order valence-corrected chi connectivity index (χ1v) is 5.78. The molecule has 0 unspecified atom stereocenters. The largest absolute Gasteiger partial charge is 0.373 e. The Morgan fingerprint density at radius 1 is 1.28 bits per heavy atom. The summed E-state index contributed by atoms with van der Waals surface area (Å²) in [6.45, 7) is 2.74. The first kappa shape index (κ1) is 12.3. The number of aryl methyl sites for hydroxylation is 1. The summed E-state index contributed by atoms with van der Waals surface area (Å²) in [5.41, 5.74) is 1.01. The van der Waals surface area contributed by atoms with Gasteiger partial charge in [0.25, 0.3) is 0 Å². The van der Waals surface area contributed by atoms with Crippen LogP contribution in [0, 0.1) is 6.92 Å². The zero-order valence-electron chi connectivity index (χ0n) is 10.8. The molecule has 2 aromatic heterocycles. The minimum absolute atomic E-state index is 0.757. The molecule has 0 atom stereocenters. The Hall–Kier alpha value is -2.18. The van der Waals surface area contributed by atoms with E-state index in [9.17, 15) is 0 Å². The summed E-state index contributed by atoms with van der Waals surface area (Å²) in [7, 11) is 3.78. The van der Waals surface area contributed by atoms with E-state index in [1.54, 1.807) is 12.7 Å². The molecule has 96 valence electrons. The molecule has 7 heteroatoms. The monoisotopic (exact) mass is 247 g/mol. The normalized spacial score (nSPS) is 10.4. The van der Waals surface area contributed by atoms with E-state index in [4.69, 9.17) is 0 Å². The summed E-state index contributed by atoms with van der Waals surface area (Å²) >= 11 is 0. The van der Waals surface area contributed by atoms with Crippen LogP contribution in [0.1, 0.15) is 11.4 Å². The van der Waals surface area contributed by atoms with Crippen molar-refractivity contribution in [1.29, 1.82) is 0 Å². The maximum atomic E-state index is 4.22. The Morgan fingerprint density at radius 2 is 2.06 bits per heavy atom. The molecule has 0 aliphatic rings. The van der Waals surface area contributed by atoms with E-state index in [-0.39, 0.29) is 0 Å². The van der Waals surface area contributed by atoms with Crippen LogP contribution in [0.25, 0.3) is 0 Å². The smallest absolute Gasteiger partial charge is 0.134 e. The molecule has 0 aliphatic carbocycles. The maximum Gasteiger partial charge on any atom is 0.134 e. The Kier molecular flexibility index (Phi) is 3.71. The number of hydrogen-bond acceptors (Lipinski definition) is 6. The molecule has 2 rings (SSSR count). The van der Waals surface area contributed by atoms with Gasteiger partial charge in [0, 0.05) is 32.6 Å². The Morgan fingerprint density at radius 3 is 2.72 bits per heavy atom. The van der Waals surface area contributed by atoms with Crippen molar-refractivity contribution in [3.63, 3.8) is 0 Å². The number of anilines is 2. The maximum absolute atomic E-state index is 4.22. The lowest BCUT2D eigenvalue weighted by Crippen LogP contribution is -2.11. The molecular formula is C11H17N7. The molecule has 0 fully saturated rings. The predicted octanol–water partition coefficient (Wildman–Crippen LogP) is 0.610. The second-order valence-corrected chi connectivity index (χ2v) is 3.98. The third-order valence-electron chi connectivity index (χ3n) is 2.77. The molecule has 0 aromatic carbocycles. The fraction of sp³-hybridized carbons (Fsp3) is 0.455. The van der Waals surface area contributed by atoms with E-state index in [0.717, 1.165) is 36.0 Å². The number of nitrogens with one attached hydrogen (secondary N) is 2. The fourth-order valence-electron chi connectivity index (χ4n) is 1.71. The van der Waals surface area contributed by atoms with E-state index in [2.05, 4.69) is 30.8 Å². The van der Waals surface area contributed by atoms with Crippen LogP contribution in [0.3, 0.4) is 0 Å². The van der Waals surface area contributed by atoms with Gasteiger partial charge in [0.05, 0.1) is 0 Å². The molecule has 0 saturated carbocycles. The lowest BCUT2D eigenvalue weighted by molar-refractivity contribution is 0.787. The SMILES string of the molecule is CNc1ncnc(NCCc2nncn2C)c1C.